The van der Waals surface area contributed by atoms with Crippen LogP contribution in [0.4, 0.5) is 0 Å². The predicted octanol–water partition coefficient (Wildman–Crippen LogP) is 1.05. The van der Waals surface area contributed by atoms with Gasteiger partial charge >= 0.3 is 0 Å². The number of likely N-dealkylation sites (N-methyl/N-ethyl adjacent to an activating group) is 1. The van der Waals surface area contributed by atoms with Crippen LogP contribution in [-0.4, -0.2) is 61.2 Å². The summed E-state index contributed by atoms with van der Waals surface area (Å²) >= 11 is 0. The van der Waals surface area contributed by atoms with Crippen molar-refractivity contribution in [2.24, 2.45) is 0 Å². The first-order valence-corrected chi connectivity index (χ1v) is 7.32. The molecule has 2 aliphatic rings. The van der Waals surface area contributed by atoms with Crippen LogP contribution in [0.15, 0.2) is 0 Å². The van der Waals surface area contributed by atoms with Crippen molar-refractivity contribution in [1.29, 1.82) is 5.26 Å². The third-order valence-electron chi connectivity index (χ3n) is 4.47. The highest BCUT2D eigenvalue weighted by Gasteiger charge is 2.34. The topological polar surface area (TPSA) is 42.3 Å². The molecule has 2 bridgehead atoms. The molecule has 2 saturated heterocycles. The van der Waals surface area contributed by atoms with Crippen molar-refractivity contribution in [3.63, 3.8) is 0 Å². The van der Waals surface area contributed by atoms with E-state index in [0.29, 0.717) is 6.04 Å². The van der Waals surface area contributed by atoms with Crippen LogP contribution in [-0.2, 0) is 0 Å². The fourth-order valence-corrected chi connectivity index (χ4v) is 3.27. The molecular formula is C14H26N4. The summed E-state index contributed by atoms with van der Waals surface area (Å²) in [6.07, 6.45) is 5.05. The smallest absolute Gasteiger partial charge is 0.108 e. The molecule has 2 fully saturated rings. The number of hydrogen-bond donors (Lipinski definition) is 1. The summed E-state index contributed by atoms with van der Waals surface area (Å²) in [6.45, 7) is 6.25. The SMILES string of the molecule is CCCNC(C#N)CN1CCC2CCC(C1)N2C. The van der Waals surface area contributed by atoms with Crippen molar-refractivity contribution < 1.29 is 0 Å². The molecule has 2 aliphatic heterocycles. The Morgan fingerprint density at radius 2 is 2.11 bits per heavy atom. The molecule has 102 valence electrons. The second-order valence-electron chi connectivity index (χ2n) is 5.73. The van der Waals surface area contributed by atoms with Crippen LogP contribution in [0, 0.1) is 11.3 Å². The Morgan fingerprint density at radius 1 is 1.33 bits per heavy atom. The van der Waals surface area contributed by atoms with E-state index in [1.165, 1.54) is 19.3 Å². The summed E-state index contributed by atoms with van der Waals surface area (Å²) in [4.78, 5) is 5.04. The lowest BCUT2D eigenvalue weighted by molar-refractivity contribution is 0.212. The van der Waals surface area contributed by atoms with Gasteiger partial charge in [-0.3, -0.25) is 9.80 Å². The number of fused-ring (bicyclic) bond motifs is 2. The molecule has 0 radical (unpaired) electrons. The van der Waals surface area contributed by atoms with Crippen LogP contribution in [0.2, 0.25) is 0 Å². The summed E-state index contributed by atoms with van der Waals surface area (Å²) in [6, 6.07) is 3.88. The summed E-state index contributed by atoms with van der Waals surface area (Å²) in [5.74, 6) is 0. The van der Waals surface area contributed by atoms with Gasteiger partial charge in [-0.2, -0.15) is 5.26 Å². The van der Waals surface area contributed by atoms with Gasteiger partial charge in [-0.1, -0.05) is 6.92 Å². The first kappa shape index (κ1) is 13.8. The minimum atomic E-state index is -0.00752. The Balaban J connectivity index is 1.84. The normalized spacial score (nSPS) is 30.9. The van der Waals surface area contributed by atoms with Gasteiger partial charge in [-0.25, -0.2) is 0 Å². The van der Waals surface area contributed by atoms with Gasteiger partial charge in [-0.05, 0) is 45.8 Å². The van der Waals surface area contributed by atoms with Crippen molar-refractivity contribution in [1.82, 2.24) is 15.1 Å². The third kappa shape index (κ3) is 3.23. The van der Waals surface area contributed by atoms with Gasteiger partial charge in [-0.15, -0.1) is 0 Å². The quantitative estimate of drug-likeness (QED) is 0.792. The Bertz CT molecular complexity index is 299. The van der Waals surface area contributed by atoms with E-state index < -0.39 is 0 Å². The molecule has 0 saturated carbocycles. The molecule has 0 spiro atoms. The second-order valence-corrected chi connectivity index (χ2v) is 5.73. The summed E-state index contributed by atoms with van der Waals surface area (Å²) < 4.78 is 0. The molecule has 0 aromatic rings. The minimum Gasteiger partial charge on any atom is -0.301 e. The number of likely N-dealkylation sites (tertiary alicyclic amines) is 1. The first-order valence-electron chi connectivity index (χ1n) is 7.32. The van der Waals surface area contributed by atoms with E-state index in [9.17, 15) is 5.26 Å². The average Bonchev–Trinajstić information content (AvgIpc) is 2.62. The zero-order valence-electron chi connectivity index (χ0n) is 11.7. The van der Waals surface area contributed by atoms with Gasteiger partial charge in [0.25, 0.3) is 0 Å². The fourth-order valence-electron chi connectivity index (χ4n) is 3.27. The lowest BCUT2D eigenvalue weighted by Gasteiger charge is -2.27. The van der Waals surface area contributed by atoms with Gasteiger partial charge in [0.05, 0.1) is 6.07 Å². The van der Waals surface area contributed by atoms with E-state index >= 15 is 0 Å². The standard InChI is InChI=1S/C14H26N4/c1-3-7-16-12(9-15)10-18-8-6-13-4-5-14(11-18)17(13)2/h12-14,16H,3-8,10-11H2,1-2H3. The van der Waals surface area contributed by atoms with Crippen molar-refractivity contribution in [3.8, 4) is 6.07 Å². The Labute approximate surface area is 111 Å². The van der Waals surface area contributed by atoms with Crippen LogP contribution in [0.1, 0.15) is 32.6 Å². The molecule has 3 unspecified atom stereocenters. The Kier molecular flexibility index (Phi) is 4.99. The Morgan fingerprint density at radius 3 is 2.83 bits per heavy atom. The lowest BCUT2D eigenvalue weighted by Crippen LogP contribution is -2.44. The van der Waals surface area contributed by atoms with Crippen LogP contribution in [0.5, 0.6) is 0 Å². The molecule has 4 heteroatoms. The monoisotopic (exact) mass is 250 g/mol. The zero-order chi connectivity index (χ0) is 13.0. The zero-order valence-corrected chi connectivity index (χ0v) is 11.7. The molecule has 2 heterocycles. The van der Waals surface area contributed by atoms with Gasteiger partial charge < -0.3 is 5.32 Å². The minimum absolute atomic E-state index is 0.00752. The molecule has 3 atom stereocenters. The molecule has 2 rings (SSSR count). The summed E-state index contributed by atoms with van der Waals surface area (Å²) in [5, 5.41) is 12.5. The van der Waals surface area contributed by atoms with Gasteiger partial charge in [0.1, 0.15) is 6.04 Å². The van der Waals surface area contributed by atoms with E-state index in [4.69, 9.17) is 0 Å². The van der Waals surface area contributed by atoms with Crippen molar-refractivity contribution >= 4 is 0 Å². The maximum atomic E-state index is 9.19. The molecule has 4 nitrogen and oxygen atoms in total. The van der Waals surface area contributed by atoms with E-state index in [1.54, 1.807) is 0 Å². The van der Waals surface area contributed by atoms with Gasteiger partial charge in [0, 0.05) is 25.2 Å². The predicted molar refractivity (Wildman–Crippen MR) is 73.3 cm³/mol. The highest BCUT2D eigenvalue weighted by atomic mass is 15.3. The second kappa shape index (κ2) is 6.51. The molecule has 0 amide bonds. The highest BCUT2D eigenvalue weighted by molar-refractivity contribution is 4.96. The van der Waals surface area contributed by atoms with Crippen molar-refractivity contribution in [2.45, 2.75) is 50.7 Å². The maximum Gasteiger partial charge on any atom is 0.108 e. The summed E-state index contributed by atoms with van der Waals surface area (Å²) in [7, 11) is 2.27. The third-order valence-corrected chi connectivity index (χ3v) is 4.47. The largest absolute Gasteiger partial charge is 0.301 e. The number of hydrogen-bond acceptors (Lipinski definition) is 4. The van der Waals surface area contributed by atoms with Crippen molar-refractivity contribution in [2.75, 3.05) is 33.2 Å². The number of nitrogens with zero attached hydrogens (tertiary/aromatic N) is 3. The van der Waals surface area contributed by atoms with Crippen LogP contribution >= 0.6 is 0 Å². The van der Waals surface area contributed by atoms with E-state index in [0.717, 1.165) is 38.6 Å². The van der Waals surface area contributed by atoms with E-state index in [1.807, 2.05) is 0 Å². The molecule has 18 heavy (non-hydrogen) atoms. The highest BCUT2D eigenvalue weighted by Crippen LogP contribution is 2.28. The fraction of sp³-hybridized carbons (Fsp3) is 0.929. The Hall–Kier alpha value is -0.630. The lowest BCUT2D eigenvalue weighted by atomic mass is 10.1. The molecule has 0 aliphatic carbocycles. The molecule has 0 aromatic heterocycles. The van der Waals surface area contributed by atoms with Gasteiger partial charge in [0.15, 0.2) is 0 Å². The van der Waals surface area contributed by atoms with Crippen LogP contribution < -0.4 is 5.32 Å². The number of nitriles is 1. The number of rotatable bonds is 5. The van der Waals surface area contributed by atoms with Crippen molar-refractivity contribution in [3.05, 3.63) is 0 Å². The van der Waals surface area contributed by atoms with E-state index in [2.05, 4.69) is 35.2 Å². The van der Waals surface area contributed by atoms with Crippen LogP contribution in [0.25, 0.3) is 0 Å². The van der Waals surface area contributed by atoms with Gasteiger partial charge in [0.2, 0.25) is 0 Å². The number of nitrogens with one attached hydrogen (secondary N) is 1. The first-order chi connectivity index (χ1) is 8.74. The van der Waals surface area contributed by atoms with Crippen LogP contribution in [0.3, 0.4) is 0 Å². The maximum absolute atomic E-state index is 9.19. The van der Waals surface area contributed by atoms with E-state index in [-0.39, 0.29) is 6.04 Å². The molecule has 1 N–H and O–H groups in total. The molecule has 0 aromatic carbocycles. The average molecular weight is 250 g/mol. The molecular weight excluding hydrogens is 224 g/mol. The summed E-state index contributed by atoms with van der Waals surface area (Å²) in [5.41, 5.74) is 0.